The zero-order valence-corrected chi connectivity index (χ0v) is 11.5. The van der Waals surface area contributed by atoms with Crippen LogP contribution in [0.3, 0.4) is 0 Å². The van der Waals surface area contributed by atoms with Crippen molar-refractivity contribution in [1.29, 1.82) is 0 Å². The molecule has 0 unspecified atom stereocenters. The number of carbonyl (C=O) groups excluding carboxylic acids is 1. The second kappa shape index (κ2) is 7.63. The number of amides is 1. The van der Waals surface area contributed by atoms with Crippen molar-refractivity contribution in [3.05, 3.63) is 23.8 Å². The molecule has 0 fully saturated rings. The fourth-order valence-electron chi connectivity index (χ4n) is 1.53. The van der Waals surface area contributed by atoms with Crippen LogP contribution in [0.4, 0.5) is 5.69 Å². The van der Waals surface area contributed by atoms with Crippen molar-refractivity contribution in [1.82, 2.24) is 0 Å². The maximum Gasteiger partial charge on any atom is 0.252 e. The minimum Gasteiger partial charge on any atom is -0.488 e. The number of nitrogen functional groups attached to an aromatic ring is 1. The molecule has 19 heavy (non-hydrogen) atoms. The molecule has 1 rings (SSSR count). The Hall–Kier alpha value is -1.75. The molecule has 1 aromatic rings. The Balaban J connectivity index is 2.43. The molecule has 0 aliphatic carbocycles. The first-order valence-electron chi connectivity index (χ1n) is 6.41. The monoisotopic (exact) mass is 266 g/mol. The summed E-state index contributed by atoms with van der Waals surface area (Å²) in [5, 5.41) is 0. The van der Waals surface area contributed by atoms with E-state index in [0.717, 1.165) is 6.42 Å². The maximum absolute atomic E-state index is 11.2. The van der Waals surface area contributed by atoms with Crippen molar-refractivity contribution in [3.63, 3.8) is 0 Å². The quantitative estimate of drug-likeness (QED) is 0.555. The predicted octanol–water partition coefficient (Wildman–Crippen LogP) is 1.81. The number of anilines is 1. The lowest BCUT2D eigenvalue weighted by Gasteiger charge is -2.12. The number of para-hydroxylation sites is 1. The predicted molar refractivity (Wildman–Crippen MR) is 75.1 cm³/mol. The number of benzene rings is 1. The van der Waals surface area contributed by atoms with Gasteiger partial charge in [0.25, 0.3) is 5.91 Å². The van der Waals surface area contributed by atoms with E-state index in [1.165, 1.54) is 0 Å². The molecule has 0 bridgehead atoms. The fraction of sp³-hybridized carbons (Fsp3) is 0.500. The first-order valence-corrected chi connectivity index (χ1v) is 6.41. The van der Waals surface area contributed by atoms with Crippen molar-refractivity contribution in [3.8, 4) is 5.75 Å². The summed E-state index contributed by atoms with van der Waals surface area (Å²) in [4.78, 5) is 11.2. The van der Waals surface area contributed by atoms with Gasteiger partial charge in [0.15, 0.2) is 5.75 Å². The van der Waals surface area contributed by atoms with Crippen molar-refractivity contribution in [2.75, 3.05) is 25.6 Å². The number of primary amides is 1. The molecule has 1 aromatic carbocycles. The summed E-state index contributed by atoms with van der Waals surface area (Å²) in [6.07, 6.45) is 1.01. The van der Waals surface area contributed by atoms with Gasteiger partial charge in [-0.1, -0.05) is 19.9 Å². The van der Waals surface area contributed by atoms with Crippen molar-refractivity contribution < 1.29 is 14.3 Å². The lowest BCUT2D eigenvalue weighted by Crippen LogP contribution is -2.16. The van der Waals surface area contributed by atoms with Gasteiger partial charge in [0.2, 0.25) is 0 Å². The molecule has 0 heterocycles. The van der Waals surface area contributed by atoms with Crippen LogP contribution in [-0.4, -0.2) is 25.7 Å². The first-order chi connectivity index (χ1) is 9.02. The highest BCUT2D eigenvalue weighted by Crippen LogP contribution is 2.25. The summed E-state index contributed by atoms with van der Waals surface area (Å²) in [5.41, 5.74) is 11.7. The van der Waals surface area contributed by atoms with E-state index in [9.17, 15) is 4.79 Å². The normalized spacial score (nSPS) is 10.7. The summed E-state index contributed by atoms with van der Waals surface area (Å²) in [7, 11) is 0. The van der Waals surface area contributed by atoms with E-state index in [0.29, 0.717) is 42.7 Å². The highest BCUT2D eigenvalue weighted by atomic mass is 16.5. The van der Waals surface area contributed by atoms with Gasteiger partial charge in [-0.2, -0.15) is 0 Å². The van der Waals surface area contributed by atoms with Gasteiger partial charge in [0.05, 0.1) is 17.9 Å². The zero-order valence-electron chi connectivity index (χ0n) is 11.5. The average Bonchev–Trinajstić information content (AvgIpc) is 2.34. The van der Waals surface area contributed by atoms with Gasteiger partial charge in [-0.25, -0.2) is 0 Å². The lowest BCUT2D eigenvalue weighted by molar-refractivity contribution is 0.0906. The molecule has 1 amide bonds. The van der Waals surface area contributed by atoms with E-state index in [-0.39, 0.29) is 0 Å². The van der Waals surface area contributed by atoms with Crippen LogP contribution < -0.4 is 16.2 Å². The SMILES string of the molecule is CC(C)CCOCCOc1c(N)cccc1C(N)=O. The molecule has 0 saturated carbocycles. The number of carbonyl (C=O) groups is 1. The maximum atomic E-state index is 11.2. The van der Waals surface area contributed by atoms with Crippen LogP contribution in [0.25, 0.3) is 0 Å². The molecule has 0 saturated heterocycles. The lowest BCUT2D eigenvalue weighted by atomic mass is 10.1. The molecular weight excluding hydrogens is 244 g/mol. The number of hydrogen-bond donors (Lipinski definition) is 2. The van der Waals surface area contributed by atoms with Crippen LogP contribution in [-0.2, 0) is 4.74 Å². The average molecular weight is 266 g/mol. The molecule has 0 aliphatic rings. The van der Waals surface area contributed by atoms with E-state index in [1.54, 1.807) is 18.2 Å². The van der Waals surface area contributed by atoms with Crippen molar-refractivity contribution in [2.24, 2.45) is 11.7 Å². The highest BCUT2D eigenvalue weighted by Gasteiger charge is 2.12. The van der Waals surface area contributed by atoms with Gasteiger partial charge in [-0.05, 0) is 24.5 Å². The Labute approximate surface area is 113 Å². The molecule has 0 atom stereocenters. The second-order valence-corrected chi connectivity index (χ2v) is 4.73. The molecule has 4 N–H and O–H groups in total. The van der Waals surface area contributed by atoms with Crippen LogP contribution in [0, 0.1) is 5.92 Å². The van der Waals surface area contributed by atoms with Crippen LogP contribution in [0.1, 0.15) is 30.6 Å². The molecule has 5 nitrogen and oxygen atoms in total. The van der Waals surface area contributed by atoms with Gasteiger partial charge in [0, 0.05) is 6.61 Å². The molecule has 106 valence electrons. The Morgan fingerprint density at radius 1 is 1.26 bits per heavy atom. The Bertz CT molecular complexity index is 419. The highest BCUT2D eigenvalue weighted by molar-refractivity contribution is 5.97. The van der Waals surface area contributed by atoms with Gasteiger partial charge < -0.3 is 20.9 Å². The summed E-state index contributed by atoms with van der Waals surface area (Å²) in [6, 6.07) is 4.93. The van der Waals surface area contributed by atoms with Gasteiger partial charge in [-0.15, -0.1) is 0 Å². The largest absolute Gasteiger partial charge is 0.488 e. The van der Waals surface area contributed by atoms with E-state index in [2.05, 4.69) is 13.8 Å². The molecule has 0 radical (unpaired) electrons. The van der Waals surface area contributed by atoms with Crippen LogP contribution in [0.15, 0.2) is 18.2 Å². The van der Waals surface area contributed by atoms with E-state index < -0.39 is 5.91 Å². The minimum atomic E-state index is -0.553. The number of ether oxygens (including phenoxy) is 2. The summed E-state index contributed by atoms with van der Waals surface area (Å²) in [5.74, 6) is 0.401. The molecular formula is C14H22N2O3. The Kier molecular flexibility index (Phi) is 6.15. The number of rotatable bonds is 8. The number of hydrogen-bond acceptors (Lipinski definition) is 4. The number of nitrogens with two attached hydrogens (primary N) is 2. The summed E-state index contributed by atoms with van der Waals surface area (Å²) < 4.78 is 10.9. The van der Waals surface area contributed by atoms with Crippen LogP contribution in [0.5, 0.6) is 5.75 Å². The van der Waals surface area contributed by atoms with E-state index in [4.69, 9.17) is 20.9 Å². The van der Waals surface area contributed by atoms with Crippen molar-refractivity contribution in [2.45, 2.75) is 20.3 Å². The third-order valence-corrected chi connectivity index (χ3v) is 2.62. The van der Waals surface area contributed by atoms with Crippen LogP contribution in [0.2, 0.25) is 0 Å². The first kappa shape index (κ1) is 15.3. The van der Waals surface area contributed by atoms with E-state index in [1.807, 2.05) is 0 Å². The standard InChI is InChI=1S/C14H22N2O3/c1-10(2)6-7-18-8-9-19-13-11(14(16)17)4-3-5-12(13)15/h3-5,10H,6-9,15H2,1-2H3,(H2,16,17). The molecule has 0 spiro atoms. The van der Waals surface area contributed by atoms with Gasteiger partial charge >= 0.3 is 0 Å². The molecule has 0 aliphatic heterocycles. The second-order valence-electron chi connectivity index (χ2n) is 4.73. The smallest absolute Gasteiger partial charge is 0.252 e. The van der Waals surface area contributed by atoms with Gasteiger partial charge in [-0.3, -0.25) is 4.79 Å². The van der Waals surface area contributed by atoms with Gasteiger partial charge in [0.1, 0.15) is 6.61 Å². The molecule has 5 heteroatoms. The third kappa shape index (κ3) is 5.18. The molecule has 0 aromatic heterocycles. The Morgan fingerprint density at radius 3 is 2.63 bits per heavy atom. The zero-order chi connectivity index (χ0) is 14.3. The third-order valence-electron chi connectivity index (χ3n) is 2.62. The summed E-state index contributed by atoms with van der Waals surface area (Å²) in [6.45, 7) is 5.78. The van der Waals surface area contributed by atoms with Crippen molar-refractivity contribution >= 4 is 11.6 Å². The summed E-state index contributed by atoms with van der Waals surface area (Å²) >= 11 is 0. The van der Waals surface area contributed by atoms with Crippen LogP contribution >= 0.6 is 0 Å². The Morgan fingerprint density at radius 2 is 2.00 bits per heavy atom. The fourth-order valence-corrected chi connectivity index (χ4v) is 1.53. The topological polar surface area (TPSA) is 87.6 Å². The van der Waals surface area contributed by atoms with E-state index >= 15 is 0 Å². The minimum absolute atomic E-state index is 0.294.